The second-order valence-corrected chi connectivity index (χ2v) is 5.99. The zero-order valence-corrected chi connectivity index (χ0v) is 11.7. The van der Waals surface area contributed by atoms with Crippen molar-refractivity contribution in [1.82, 2.24) is 19.8 Å². The van der Waals surface area contributed by atoms with Crippen LogP contribution in [0.4, 0.5) is 0 Å². The summed E-state index contributed by atoms with van der Waals surface area (Å²) in [6, 6.07) is 10.3. The van der Waals surface area contributed by atoms with E-state index in [0.717, 1.165) is 22.7 Å². The first-order chi connectivity index (χ1) is 8.93. The third-order valence-electron chi connectivity index (χ3n) is 3.22. The van der Waals surface area contributed by atoms with E-state index in [1.54, 1.807) is 4.63 Å². The van der Waals surface area contributed by atoms with Crippen LogP contribution in [0.15, 0.2) is 30.3 Å². The molecule has 1 N–H and O–H groups in total. The number of benzene rings is 1. The van der Waals surface area contributed by atoms with Crippen LogP contribution in [0.5, 0.6) is 0 Å². The number of aromatic nitrogens is 4. The van der Waals surface area contributed by atoms with Gasteiger partial charge in [-0.15, -0.1) is 5.10 Å². The molecule has 0 spiro atoms. The number of hydrogen-bond acceptors (Lipinski definition) is 2. The summed E-state index contributed by atoms with van der Waals surface area (Å²) in [5, 5.41) is 7.79. The van der Waals surface area contributed by atoms with Gasteiger partial charge in [-0.1, -0.05) is 44.5 Å². The molecule has 0 saturated heterocycles. The number of nitrogens with one attached hydrogen (secondary N) is 1. The molecule has 3 rings (SSSR count). The van der Waals surface area contributed by atoms with Crippen molar-refractivity contribution >= 4 is 5.65 Å². The molecular weight excluding hydrogens is 236 g/mol. The number of fused-ring (bicyclic) bond motifs is 1. The van der Waals surface area contributed by atoms with Gasteiger partial charge >= 0.3 is 0 Å². The highest BCUT2D eigenvalue weighted by atomic mass is 15.5. The first-order valence-corrected chi connectivity index (χ1v) is 6.47. The molecule has 0 saturated carbocycles. The topological polar surface area (TPSA) is 46.0 Å². The second-order valence-electron chi connectivity index (χ2n) is 5.99. The lowest BCUT2D eigenvalue weighted by Gasteiger charge is -2.14. The molecule has 0 radical (unpaired) electrons. The SMILES string of the molecule is Cc1cccc(-c2nc3cc(C(C)(C)C)[nH]n3n2)c1. The van der Waals surface area contributed by atoms with Crippen molar-refractivity contribution in [2.45, 2.75) is 33.1 Å². The van der Waals surface area contributed by atoms with Crippen molar-refractivity contribution in [2.75, 3.05) is 0 Å². The molecule has 19 heavy (non-hydrogen) atoms. The maximum atomic E-state index is 4.58. The van der Waals surface area contributed by atoms with Crippen LogP contribution in [0.2, 0.25) is 0 Å². The standard InChI is InChI=1S/C15H18N4/c1-10-6-5-7-11(8-10)14-16-13-9-12(15(2,3)4)17-19(13)18-14/h5-9,17H,1-4H3. The minimum absolute atomic E-state index is 0.0753. The number of aryl methyl sites for hydroxylation is 1. The molecule has 0 fully saturated rings. The Balaban J connectivity index is 2.06. The molecule has 2 aromatic heterocycles. The molecule has 0 aliphatic rings. The minimum atomic E-state index is 0.0753. The van der Waals surface area contributed by atoms with Crippen molar-refractivity contribution < 1.29 is 0 Å². The van der Waals surface area contributed by atoms with Gasteiger partial charge in [0.05, 0.1) is 0 Å². The summed E-state index contributed by atoms with van der Waals surface area (Å²) in [6.45, 7) is 8.57. The minimum Gasteiger partial charge on any atom is -0.280 e. The van der Waals surface area contributed by atoms with Gasteiger partial charge in [-0.05, 0) is 13.0 Å². The lowest BCUT2D eigenvalue weighted by atomic mass is 9.93. The maximum absolute atomic E-state index is 4.58. The van der Waals surface area contributed by atoms with E-state index in [9.17, 15) is 0 Å². The molecule has 0 amide bonds. The normalized spacial score (nSPS) is 12.2. The van der Waals surface area contributed by atoms with Crippen LogP contribution in [0, 0.1) is 6.92 Å². The van der Waals surface area contributed by atoms with Gasteiger partial charge in [-0.25, -0.2) is 4.98 Å². The fraction of sp³-hybridized carbons (Fsp3) is 0.333. The number of hydrogen-bond donors (Lipinski definition) is 1. The Morgan fingerprint density at radius 1 is 1.16 bits per heavy atom. The molecule has 0 aliphatic heterocycles. The second kappa shape index (κ2) is 3.95. The number of nitrogens with zero attached hydrogens (tertiary/aromatic N) is 3. The monoisotopic (exact) mass is 254 g/mol. The van der Waals surface area contributed by atoms with Gasteiger partial charge in [0, 0.05) is 22.7 Å². The van der Waals surface area contributed by atoms with Crippen molar-refractivity contribution in [1.29, 1.82) is 0 Å². The van der Waals surface area contributed by atoms with Crippen LogP contribution in [0.3, 0.4) is 0 Å². The van der Waals surface area contributed by atoms with E-state index in [4.69, 9.17) is 0 Å². The molecule has 0 aliphatic carbocycles. The van der Waals surface area contributed by atoms with Crippen molar-refractivity contribution in [3.05, 3.63) is 41.6 Å². The summed E-state index contributed by atoms with van der Waals surface area (Å²) in [6.07, 6.45) is 0. The van der Waals surface area contributed by atoms with Crippen molar-refractivity contribution in [2.24, 2.45) is 0 Å². The molecule has 1 aromatic carbocycles. The van der Waals surface area contributed by atoms with Crippen LogP contribution in [-0.4, -0.2) is 19.8 Å². The molecular formula is C15H18N4. The van der Waals surface area contributed by atoms with Gasteiger partial charge in [0.1, 0.15) is 0 Å². The average molecular weight is 254 g/mol. The van der Waals surface area contributed by atoms with Gasteiger partial charge in [0.2, 0.25) is 0 Å². The van der Waals surface area contributed by atoms with E-state index in [1.165, 1.54) is 5.56 Å². The van der Waals surface area contributed by atoms with Gasteiger partial charge in [0.25, 0.3) is 0 Å². The zero-order valence-electron chi connectivity index (χ0n) is 11.7. The molecule has 4 heteroatoms. The molecule has 0 atom stereocenters. The van der Waals surface area contributed by atoms with Crippen LogP contribution in [-0.2, 0) is 5.41 Å². The Morgan fingerprint density at radius 2 is 1.95 bits per heavy atom. The molecule has 0 unspecified atom stereocenters. The average Bonchev–Trinajstić information content (AvgIpc) is 2.85. The van der Waals surface area contributed by atoms with Gasteiger partial charge in [-0.2, -0.15) is 4.63 Å². The summed E-state index contributed by atoms with van der Waals surface area (Å²) in [7, 11) is 0. The maximum Gasteiger partial charge on any atom is 0.183 e. The predicted molar refractivity (Wildman–Crippen MR) is 76.2 cm³/mol. The highest BCUT2D eigenvalue weighted by molar-refractivity contribution is 5.59. The van der Waals surface area contributed by atoms with Gasteiger partial charge in [-0.3, -0.25) is 5.10 Å². The Kier molecular flexibility index (Phi) is 2.49. The van der Waals surface area contributed by atoms with E-state index in [1.807, 2.05) is 12.1 Å². The number of aromatic amines is 1. The summed E-state index contributed by atoms with van der Waals surface area (Å²) in [5.74, 6) is 0.760. The van der Waals surface area contributed by atoms with Crippen LogP contribution >= 0.6 is 0 Å². The summed E-state index contributed by atoms with van der Waals surface area (Å²) < 4.78 is 1.75. The largest absolute Gasteiger partial charge is 0.280 e. The molecule has 3 aromatic rings. The van der Waals surface area contributed by atoms with Crippen LogP contribution in [0.25, 0.3) is 17.0 Å². The predicted octanol–water partition coefficient (Wildman–Crippen LogP) is 3.33. The zero-order chi connectivity index (χ0) is 13.6. The third-order valence-corrected chi connectivity index (χ3v) is 3.22. The molecule has 2 heterocycles. The van der Waals surface area contributed by atoms with Crippen LogP contribution in [0.1, 0.15) is 32.0 Å². The third kappa shape index (κ3) is 2.14. The van der Waals surface area contributed by atoms with Crippen LogP contribution < -0.4 is 0 Å². The lowest BCUT2D eigenvalue weighted by molar-refractivity contribution is 0.557. The van der Waals surface area contributed by atoms with E-state index in [-0.39, 0.29) is 5.41 Å². The highest BCUT2D eigenvalue weighted by Crippen LogP contribution is 2.23. The summed E-state index contributed by atoms with van der Waals surface area (Å²) in [5.41, 5.74) is 4.34. The van der Waals surface area contributed by atoms with E-state index in [0.29, 0.717) is 0 Å². The lowest BCUT2D eigenvalue weighted by Crippen LogP contribution is -2.12. The van der Waals surface area contributed by atoms with E-state index in [2.05, 4.69) is 61.1 Å². The molecule has 4 nitrogen and oxygen atoms in total. The quantitative estimate of drug-likeness (QED) is 0.724. The Morgan fingerprint density at radius 3 is 2.58 bits per heavy atom. The fourth-order valence-corrected chi connectivity index (χ4v) is 2.07. The Bertz CT molecular complexity index is 697. The first-order valence-electron chi connectivity index (χ1n) is 6.47. The smallest absolute Gasteiger partial charge is 0.183 e. The summed E-state index contributed by atoms with van der Waals surface area (Å²) in [4.78, 5) is 4.58. The summed E-state index contributed by atoms with van der Waals surface area (Å²) >= 11 is 0. The Hall–Kier alpha value is -2.10. The highest BCUT2D eigenvalue weighted by Gasteiger charge is 2.18. The van der Waals surface area contributed by atoms with Gasteiger partial charge < -0.3 is 0 Å². The van der Waals surface area contributed by atoms with E-state index < -0.39 is 0 Å². The number of H-pyrrole nitrogens is 1. The van der Waals surface area contributed by atoms with Crippen molar-refractivity contribution in [3.8, 4) is 11.4 Å². The first kappa shape index (κ1) is 12.0. The number of rotatable bonds is 1. The van der Waals surface area contributed by atoms with Crippen molar-refractivity contribution in [3.63, 3.8) is 0 Å². The Labute approximate surface area is 112 Å². The fourth-order valence-electron chi connectivity index (χ4n) is 2.07. The van der Waals surface area contributed by atoms with Gasteiger partial charge in [0.15, 0.2) is 11.5 Å². The van der Waals surface area contributed by atoms with E-state index >= 15 is 0 Å². The molecule has 98 valence electrons. The molecule has 0 bridgehead atoms.